The van der Waals surface area contributed by atoms with Crippen LogP contribution in [-0.2, 0) is 14.3 Å². The molecule has 1 amide bonds. The van der Waals surface area contributed by atoms with Crippen LogP contribution >= 0.6 is 0 Å². The van der Waals surface area contributed by atoms with Crippen LogP contribution < -0.4 is 118 Å². The minimum Gasteiger partial charge on any atom is -0.493 e. The van der Waals surface area contributed by atoms with Gasteiger partial charge in [0.15, 0.2) is 0 Å². The lowest BCUT2D eigenvalue weighted by molar-refractivity contribution is -0.130. The van der Waals surface area contributed by atoms with Crippen LogP contribution in [0, 0.1) is 23.2 Å². The van der Waals surface area contributed by atoms with Crippen LogP contribution in [0.5, 0.6) is 34.5 Å². The van der Waals surface area contributed by atoms with Crippen LogP contribution in [0.4, 0.5) is 34.9 Å². The van der Waals surface area contributed by atoms with E-state index < -0.39 is 39.6 Å². The number of carbonyl (C=O) groups excluding carboxylic acids is 1. The lowest BCUT2D eigenvalue weighted by Crippen LogP contribution is -2.41. The molecule has 120 heavy (non-hydrogen) atoms. The molecule has 0 aliphatic carbocycles. The number of H-pyrrole nitrogens is 6. The van der Waals surface area contributed by atoms with Crippen LogP contribution in [0.1, 0.15) is 85.0 Å². The van der Waals surface area contributed by atoms with Crippen molar-refractivity contribution in [3.63, 3.8) is 0 Å². The molecule has 6 aromatic carbocycles. The Bertz CT molecular complexity index is 5760. The quantitative estimate of drug-likeness (QED) is 0.0380. The summed E-state index contributed by atoms with van der Waals surface area (Å²) in [5.41, 5.74) is 35.3. The first-order valence-electron chi connectivity index (χ1n) is 40.2. The van der Waals surface area contributed by atoms with Gasteiger partial charge in [0.1, 0.15) is 89.2 Å². The molecule has 17 rings (SSSR count). The maximum absolute atomic E-state index is 12.1. The summed E-state index contributed by atoms with van der Waals surface area (Å²) in [5.74, 6) is 6.59. The lowest BCUT2D eigenvalue weighted by Gasteiger charge is -2.26. The predicted octanol–water partition coefficient (Wildman–Crippen LogP) is 5.82. The third-order valence-electron chi connectivity index (χ3n) is 20.7. The van der Waals surface area contributed by atoms with E-state index in [2.05, 4.69) is 81.1 Å². The van der Waals surface area contributed by atoms with Gasteiger partial charge in [-0.05, 0) is 189 Å². The van der Waals surface area contributed by atoms with Gasteiger partial charge in [-0.25, -0.2) is 28.8 Å². The van der Waals surface area contributed by atoms with Crippen LogP contribution in [0.2, 0.25) is 0 Å². The summed E-state index contributed by atoms with van der Waals surface area (Å²) >= 11 is 0. The molecular formula is C83H104N22O15. The number of hydrogen-bond donors (Lipinski definition) is 16. The number of piperidine rings is 2. The number of nitrogen functional groups attached to an aromatic ring is 6. The second kappa shape index (κ2) is 41.4. The monoisotopic (exact) mass is 1650 g/mol. The molecule has 636 valence electrons. The highest BCUT2D eigenvalue weighted by Gasteiger charge is 2.30. The maximum Gasteiger partial charge on any atom is 0.347 e. The smallest absolute Gasteiger partial charge is 0.347 e. The van der Waals surface area contributed by atoms with Crippen molar-refractivity contribution in [1.82, 2.24) is 81.1 Å². The van der Waals surface area contributed by atoms with Crippen molar-refractivity contribution in [2.45, 2.75) is 97.2 Å². The Morgan fingerprint density at radius 1 is 0.400 bits per heavy atom. The highest BCUT2D eigenvalue weighted by Crippen LogP contribution is 2.35. The largest absolute Gasteiger partial charge is 0.493 e. The second-order valence-electron chi connectivity index (χ2n) is 30.1. The average molecular weight is 1650 g/mol. The molecule has 37 heteroatoms. The molecule has 0 radical (unpaired) electrons. The van der Waals surface area contributed by atoms with Crippen molar-refractivity contribution in [3.05, 3.63) is 172 Å². The van der Waals surface area contributed by atoms with Crippen molar-refractivity contribution in [2.75, 3.05) is 133 Å². The maximum atomic E-state index is 12.1. The van der Waals surface area contributed by atoms with Crippen LogP contribution in [0.15, 0.2) is 138 Å². The van der Waals surface area contributed by atoms with Crippen molar-refractivity contribution in [3.8, 4) is 34.5 Å². The van der Waals surface area contributed by atoms with Crippen molar-refractivity contribution < 1.29 is 42.7 Å². The number of aromatic nitrogens is 12. The van der Waals surface area contributed by atoms with E-state index in [1.165, 1.54) is 12.8 Å². The van der Waals surface area contributed by atoms with E-state index in [1.54, 1.807) is 60.7 Å². The van der Waals surface area contributed by atoms with Gasteiger partial charge in [0.05, 0.1) is 103 Å². The van der Waals surface area contributed by atoms with Crippen molar-refractivity contribution >= 4 is 106 Å². The molecular weight excluding hydrogens is 1550 g/mol. The Morgan fingerprint density at radius 3 is 1.03 bits per heavy atom. The number of ether oxygens (including phenoxy) is 8. The topological polar surface area (TPSA) is 570 Å². The van der Waals surface area contributed by atoms with E-state index in [9.17, 15) is 33.6 Å². The highest BCUT2D eigenvalue weighted by atomic mass is 16.6. The fourth-order valence-electron chi connectivity index (χ4n) is 14.2. The first-order chi connectivity index (χ1) is 58.0. The number of rotatable bonds is 22. The third-order valence-corrected chi connectivity index (χ3v) is 20.7. The van der Waals surface area contributed by atoms with Gasteiger partial charge < -0.3 is 123 Å². The van der Waals surface area contributed by atoms with Crippen LogP contribution in [-0.4, -0.2) is 177 Å². The summed E-state index contributed by atoms with van der Waals surface area (Å²) < 4.78 is 45.7. The summed E-state index contributed by atoms with van der Waals surface area (Å²) in [6.45, 7) is 17.2. The summed E-state index contributed by atoms with van der Waals surface area (Å²) in [5, 5.41) is 16.7. The molecule has 37 nitrogen and oxygen atoms in total. The van der Waals surface area contributed by atoms with Gasteiger partial charge >= 0.3 is 34.1 Å². The number of hydrogen-bond acceptors (Lipinski definition) is 30. The number of fused-ring (bicyclic) bond motifs is 6. The average Bonchev–Trinajstić information content (AvgIpc) is 1.24. The summed E-state index contributed by atoms with van der Waals surface area (Å²) in [7, 11) is 0. The molecule has 12 aromatic rings. The minimum absolute atomic E-state index is 0.0703. The molecule has 0 bridgehead atoms. The van der Waals surface area contributed by atoms with Crippen LogP contribution in [0.3, 0.4) is 0 Å². The predicted molar refractivity (Wildman–Crippen MR) is 461 cm³/mol. The zero-order chi connectivity index (χ0) is 84.7. The van der Waals surface area contributed by atoms with Gasteiger partial charge in [0.25, 0.3) is 0 Å². The van der Waals surface area contributed by atoms with Gasteiger partial charge in [0, 0.05) is 38.6 Å². The van der Waals surface area contributed by atoms with Crippen molar-refractivity contribution in [1.29, 1.82) is 0 Å². The fraction of sp³-hybridized carbons (Fsp3) is 0.410. The Kier molecular flexibility index (Phi) is 29.8. The Hall–Kier alpha value is -13.0. The SMILES string of the molecule is CCCNC(=O)C(C)(C)COc1cccc2[nH]c(=O)nc(N)c12.Nc1nc(=O)[nH]c2cccc(OCC3CCCO3)c12.Nc1nc(=O)[nH]c2cccc(OCC3CCNC3)c12.Nc1nc(=O)[nH]c2cccc(OCC3CCNCC3)c12.Nc1nc(=O)[nH]c2cccc(OCC3CCO3)c12.Nc1nc(=O)[nH]c2cccc(OCCC3CCNCC3)c12. The number of nitrogens with two attached hydrogens (primary N) is 6. The van der Waals surface area contributed by atoms with E-state index in [0.29, 0.717) is 151 Å². The molecule has 0 saturated carbocycles. The van der Waals surface area contributed by atoms with Gasteiger partial charge in [-0.3, -0.25) is 4.79 Å². The molecule has 5 fully saturated rings. The number of carbonyl (C=O) groups is 1. The Morgan fingerprint density at radius 2 is 0.708 bits per heavy atom. The second-order valence-corrected chi connectivity index (χ2v) is 30.1. The fourth-order valence-corrected chi connectivity index (χ4v) is 14.2. The molecule has 0 spiro atoms. The highest BCUT2D eigenvalue weighted by molar-refractivity contribution is 5.97. The number of anilines is 6. The Balaban J connectivity index is 0.000000132. The molecule has 5 saturated heterocycles. The molecule has 5 aliphatic heterocycles. The zero-order valence-electron chi connectivity index (χ0n) is 67.2. The van der Waals surface area contributed by atoms with E-state index >= 15 is 0 Å². The number of amides is 1. The molecule has 5 aliphatic rings. The lowest BCUT2D eigenvalue weighted by atomic mass is 9.93. The van der Waals surface area contributed by atoms with Gasteiger partial charge in [-0.1, -0.05) is 43.3 Å². The Labute approximate surface area is 686 Å². The normalized spacial score (nSPS) is 16.5. The number of nitrogens with one attached hydrogen (secondary N) is 10. The summed E-state index contributed by atoms with van der Waals surface area (Å²) in [4.78, 5) is 118. The van der Waals surface area contributed by atoms with E-state index in [1.807, 2.05) is 69.3 Å². The number of benzene rings is 6. The van der Waals surface area contributed by atoms with E-state index in [-0.39, 0.29) is 59.6 Å². The zero-order valence-corrected chi connectivity index (χ0v) is 67.2. The third kappa shape index (κ3) is 23.3. The van der Waals surface area contributed by atoms with Gasteiger partial charge in [-0.15, -0.1) is 0 Å². The molecule has 6 aromatic heterocycles. The molecule has 22 N–H and O–H groups in total. The minimum atomic E-state index is -0.693. The van der Waals surface area contributed by atoms with Crippen LogP contribution in [0.25, 0.3) is 65.4 Å². The van der Waals surface area contributed by atoms with E-state index in [4.69, 9.17) is 72.3 Å². The van der Waals surface area contributed by atoms with Gasteiger partial charge in [-0.2, -0.15) is 29.9 Å². The number of nitrogens with zero attached hydrogens (tertiary/aromatic N) is 6. The van der Waals surface area contributed by atoms with E-state index in [0.717, 1.165) is 110 Å². The summed E-state index contributed by atoms with van der Waals surface area (Å²) in [6.07, 6.45) is 11.1. The number of aromatic amines is 6. The molecule has 3 unspecified atom stereocenters. The standard InChI is InChI=1S/C16H22N4O3.C15H20N4O2.C14H18N4O2.C13H16N4O2.C13H15N3O3.C12H13N3O3/c1-4-8-18-14(21)16(2,3)9-23-11-7-5-6-10-12(11)13(17)20-15(22)19-10;16-14-13-11(18-15(20)19-14)2-1-3-12(13)21-9-6-10-4-7-17-8-5-10;15-13-12-10(17-14(19)18-13)2-1-3-11(12)20-8-9-4-6-16-7-5-9;14-12-11-9(16-13(18)17-12)2-1-3-10(11)19-7-8-4-5-15-6-8;14-12-11-9(15-13(17)16-12)4-1-5-10(11)19-7-8-3-2-6-18-8;13-11-10-8(14-12(16)15-11)2-1-3-9(10)18-6-7-4-5-17-7/h5-7H,4,8-9H2,1-3H3,(H,18,21)(H3,17,19,20,22);1-3,10,17H,4-9H2,(H3,16,18,19,20);1-3,9,16H,4-8H2,(H3,15,17,18,19);1-3,8,15H,4-7H2,(H3,14,16,17,18);1,4-5,8H,2-3,6-7H2,(H3,14,15,16,17);1-3,7H,4-6H2,(H3,13,14,15,16). The summed E-state index contributed by atoms with van der Waals surface area (Å²) in [6, 6.07) is 32.4. The van der Waals surface area contributed by atoms with Crippen molar-refractivity contribution in [2.24, 2.45) is 23.2 Å². The molecule has 11 heterocycles. The first-order valence-corrected chi connectivity index (χ1v) is 40.2. The van der Waals surface area contributed by atoms with Gasteiger partial charge in [0.2, 0.25) is 5.91 Å². The first kappa shape index (κ1) is 86.4. The molecule has 3 atom stereocenters.